The van der Waals surface area contributed by atoms with E-state index in [1.165, 1.54) is 31.5 Å². The molecule has 0 bridgehead atoms. The standard InChI is InChI=1S/C19H36N6/c1-5-20-19(22-11-14-24-12-7-6-9-17(24)3)21-10-8-13-25-18(4)15-16(2)23-25/h15,17H,5-14H2,1-4H3,(H2,20,21,22). The highest BCUT2D eigenvalue weighted by atomic mass is 15.3. The van der Waals surface area contributed by atoms with Crippen molar-refractivity contribution in [2.24, 2.45) is 4.99 Å². The van der Waals surface area contributed by atoms with E-state index < -0.39 is 0 Å². The Hall–Kier alpha value is -1.56. The van der Waals surface area contributed by atoms with Crippen molar-refractivity contribution in [3.05, 3.63) is 17.5 Å². The highest BCUT2D eigenvalue weighted by molar-refractivity contribution is 5.79. The van der Waals surface area contributed by atoms with E-state index in [9.17, 15) is 0 Å². The summed E-state index contributed by atoms with van der Waals surface area (Å²) in [5, 5.41) is 11.3. The van der Waals surface area contributed by atoms with Gasteiger partial charge in [0.2, 0.25) is 0 Å². The van der Waals surface area contributed by atoms with Gasteiger partial charge in [-0.25, -0.2) is 0 Å². The monoisotopic (exact) mass is 348 g/mol. The highest BCUT2D eigenvalue weighted by Crippen LogP contribution is 2.15. The molecule has 0 radical (unpaired) electrons. The molecule has 6 nitrogen and oxygen atoms in total. The Balaban J connectivity index is 1.71. The molecule has 1 aromatic heterocycles. The predicted molar refractivity (Wildman–Crippen MR) is 105 cm³/mol. The molecule has 0 aromatic carbocycles. The van der Waals surface area contributed by atoms with Crippen molar-refractivity contribution in [1.82, 2.24) is 25.3 Å². The molecule has 0 spiro atoms. The van der Waals surface area contributed by atoms with Crippen LogP contribution < -0.4 is 10.6 Å². The third-order valence-corrected chi connectivity index (χ3v) is 4.88. The van der Waals surface area contributed by atoms with Crippen LogP contribution in [0.5, 0.6) is 0 Å². The van der Waals surface area contributed by atoms with E-state index in [0.717, 1.165) is 56.8 Å². The second-order valence-electron chi connectivity index (χ2n) is 7.07. The molecule has 0 aliphatic carbocycles. The fourth-order valence-corrected chi connectivity index (χ4v) is 3.46. The molecule has 1 saturated heterocycles. The number of hydrogen-bond donors (Lipinski definition) is 2. The summed E-state index contributed by atoms with van der Waals surface area (Å²) in [4.78, 5) is 7.29. The zero-order chi connectivity index (χ0) is 18.1. The van der Waals surface area contributed by atoms with Gasteiger partial charge in [0.25, 0.3) is 0 Å². The van der Waals surface area contributed by atoms with Crippen LogP contribution in [-0.4, -0.2) is 59.4 Å². The quantitative estimate of drug-likeness (QED) is 0.430. The van der Waals surface area contributed by atoms with Gasteiger partial charge in [0.05, 0.1) is 5.69 Å². The number of guanidine groups is 1. The minimum atomic E-state index is 0.718. The topological polar surface area (TPSA) is 57.5 Å². The third-order valence-electron chi connectivity index (χ3n) is 4.88. The van der Waals surface area contributed by atoms with E-state index >= 15 is 0 Å². The Morgan fingerprint density at radius 2 is 2.12 bits per heavy atom. The van der Waals surface area contributed by atoms with Crippen LogP contribution in [0.3, 0.4) is 0 Å². The lowest BCUT2D eigenvalue weighted by molar-refractivity contribution is 0.163. The molecule has 0 amide bonds. The molecule has 2 heterocycles. The number of hydrogen-bond acceptors (Lipinski definition) is 3. The van der Waals surface area contributed by atoms with Crippen LogP contribution in [0.1, 0.15) is 50.9 Å². The number of aliphatic imine (C=N–C) groups is 1. The first kappa shape index (κ1) is 19.8. The van der Waals surface area contributed by atoms with E-state index in [-0.39, 0.29) is 0 Å². The molecule has 6 heteroatoms. The number of aryl methyl sites for hydroxylation is 3. The molecule has 2 N–H and O–H groups in total. The summed E-state index contributed by atoms with van der Waals surface area (Å²) in [6, 6.07) is 2.84. The third kappa shape index (κ3) is 6.69. The zero-order valence-corrected chi connectivity index (χ0v) is 16.5. The van der Waals surface area contributed by atoms with Crippen molar-refractivity contribution in [3.63, 3.8) is 0 Å². The van der Waals surface area contributed by atoms with Gasteiger partial charge in [-0.05, 0) is 59.6 Å². The van der Waals surface area contributed by atoms with E-state index in [1.54, 1.807) is 0 Å². The van der Waals surface area contributed by atoms with E-state index in [2.05, 4.69) is 52.2 Å². The molecule has 1 aliphatic heterocycles. The Labute approximate surface area is 153 Å². The molecular weight excluding hydrogens is 312 g/mol. The summed E-state index contributed by atoms with van der Waals surface area (Å²) >= 11 is 0. The smallest absolute Gasteiger partial charge is 0.191 e. The predicted octanol–water partition coefficient (Wildman–Crippen LogP) is 2.32. The van der Waals surface area contributed by atoms with Gasteiger partial charge >= 0.3 is 0 Å². The first-order valence-electron chi connectivity index (χ1n) is 9.87. The van der Waals surface area contributed by atoms with E-state index in [0.29, 0.717) is 0 Å². The average molecular weight is 349 g/mol. The van der Waals surface area contributed by atoms with Crippen LogP contribution in [0.2, 0.25) is 0 Å². The van der Waals surface area contributed by atoms with Crippen molar-refractivity contribution in [2.75, 3.05) is 32.7 Å². The lowest BCUT2D eigenvalue weighted by Crippen LogP contribution is -2.45. The summed E-state index contributed by atoms with van der Waals surface area (Å²) in [5.74, 6) is 0.931. The Morgan fingerprint density at radius 1 is 1.28 bits per heavy atom. The first-order chi connectivity index (χ1) is 12.1. The van der Waals surface area contributed by atoms with Gasteiger partial charge in [-0.2, -0.15) is 5.10 Å². The second kappa shape index (κ2) is 10.4. The highest BCUT2D eigenvalue weighted by Gasteiger charge is 2.17. The maximum atomic E-state index is 4.70. The van der Waals surface area contributed by atoms with Gasteiger partial charge in [-0.15, -0.1) is 0 Å². The lowest BCUT2D eigenvalue weighted by Gasteiger charge is -2.33. The molecule has 1 unspecified atom stereocenters. The summed E-state index contributed by atoms with van der Waals surface area (Å²) in [7, 11) is 0. The number of likely N-dealkylation sites (tertiary alicyclic amines) is 1. The number of aromatic nitrogens is 2. The van der Waals surface area contributed by atoms with Crippen LogP contribution in [0.15, 0.2) is 11.1 Å². The molecule has 2 rings (SSSR count). The van der Waals surface area contributed by atoms with Crippen molar-refractivity contribution < 1.29 is 0 Å². The molecule has 142 valence electrons. The Bertz CT molecular complexity index is 536. The first-order valence-corrected chi connectivity index (χ1v) is 9.87. The van der Waals surface area contributed by atoms with Crippen molar-refractivity contribution in [1.29, 1.82) is 0 Å². The number of nitrogens with zero attached hydrogens (tertiary/aromatic N) is 4. The summed E-state index contributed by atoms with van der Waals surface area (Å²) < 4.78 is 2.07. The summed E-state index contributed by atoms with van der Waals surface area (Å²) in [6.45, 7) is 14.5. The minimum absolute atomic E-state index is 0.718. The minimum Gasteiger partial charge on any atom is -0.357 e. The van der Waals surface area contributed by atoms with Crippen molar-refractivity contribution in [2.45, 2.75) is 66.0 Å². The van der Waals surface area contributed by atoms with Crippen LogP contribution in [0.4, 0.5) is 0 Å². The van der Waals surface area contributed by atoms with Crippen molar-refractivity contribution in [3.8, 4) is 0 Å². The molecule has 1 atom stereocenters. The zero-order valence-electron chi connectivity index (χ0n) is 16.5. The number of nitrogens with one attached hydrogen (secondary N) is 2. The van der Waals surface area contributed by atoms with Gasteiger partial charge in [0.1, 0.15) is 0 Å². The molecule has 1 fully saturated rings. The van der Waals surface area contributed by atoms with Gasteiger partial charge in [0, 0.05) is 44.5 Å². The van der Waals surface area contributed by atoms with Crippen LogP contribution in [-0.2, 0) is 6.54 Å². The number of piperidine rings is 1. The van der Waals surface area contributed by atoms with Crippen molar-refractivity contribution >= 4 is 5.96 Å². The molecule has 0 saturated carbocycles. The Morgan fingerprint density at radius 3 is 2.80 bits per heavy atom. The average Bonchev–Trinajstić information content (AvgIpc) is 2.90. The van der Waals surface area contributed by atoms with E-state index in [1.807, 2.05) is 6.92 Å². The second-order valence-corrected chi connectivity index (χ2v) is 7.07. The number of rotatable bonds is 8. The van der Waals surface area contributed by atoms with Gasteiger partial charge in [-0.1, -0.05) is 6.42 Å². The largest absolute Gasteiger partial charge is 0.357 e. The SMILES string of the molecule is CCNC(=NCCCn1nc(C)cc1C)NCCN1CCCCC1C. The van der Waals surface area contributed by atoms with Gasteiger partial charge in [-0.3, -0.25) is 14.6 Å². The molecule has 1 aromatic rings. The fraction of sp³-hybridized carbons (Fsp3) is 0.789. The molecule has 1 aliphatic rings. The Kier molecular flexibility index (Phi) is 8.25. The van der Waals surface area contributed by atoms with Crippen LogP contribution >= 0.6 is 0 Å². The van der Waals surface area contributed by atoms with Gasteiger partial charge < -0.3 is 10.6 Å². The maximum absolute atomic E-state index is 4.70. The molecular formula is C19H36N6. The molecule has 25 heavy (non-hydrogen) atoms. The van der Waals surface area contributed by atoms with Crippen LogP contribution in [0, 0.1) is 13.8 Å². The fourth-order valence-electron chi connectivity index (χ4n) is 3.46. The van der Waals surface area contributed by atoms with Crippen LogP contribution in [0.25, 0.3) is 0 Å². The summed E-state index contributed by atoms with van der Waals surface area (Å²) in [5.41, 5.74) is 2.31. The van der Waals surface area contributed by atoms with Gasteiger partial charge in [0.15, 0.2) is 5.96 Å². The summed E-state index contributed by atoms with van der Waals surface area (Å²) in [6.07, 6.45) is 5.05. The maximum Gasteiger partial charge on any atom is 0.191 e. The lowest BCUT2D eigenvalue weighted by atomic mass is 10.0. The van der Waals surface area contributed by atoms with E-state index in [4.69, 9.17) is 4.99 Å². The normalized spacial score (nSPS) is 19.2.